The van der Waals surface area contributed by atoms with E-state index in [2.05, 4.69) is 5.32 Å². The highest BCUT2D eigenvalue weighted by Crippen LogP contribution is 2.34. The predicted molar refractivity (Wildman–Crippen MR) is 79.9 cm³/mol. The highest BCUT2D eigenvalue weighted by Gasteiger charge is 2.31. The van der Waals surface area contributed by atoms with E-state index in [1.807, 2.05) is 0 Å². The summed E-state index contributed by atoms with van der Waals surface area (Å²) in [6.45, 7) is 3.16. The van der Waals surface area contributed by atoms with Crippen LogP contribution in [0.1, 0.15) is 19.4 Å². The molecule has 1 aromatic rings. The van der Waals surface area contributed by atoms with Gasteiger partial charge >= 0.3 is 0 Å². The van der Waals surface area contributed by atoms with E-state index in [9.17, 15) is 13.2 Å². The van der Waals surface area contributed by atoms with Crippen LogP contribution in [-0.2, 0) is 21.2 Å². The van der Waals surface area contributed by atoms with Crippen LogP contribution in [0.25, 0.3) is 0 Å². The lowest BCUT2D eigenvalue weighted by Gasteiger charge is -2.25. The van der Waals surface area contributed by atoms with Gasteiger partial charge in [0.25, 0.3) is 0 Å². The minimum Gasteiger partial charge on any atom is -0.395 e. The fourth-order valence-corrected chi connectivity index (χ4v) is 4.49. The average Bonchev–Trinajstić information content (AvgIpc) is 2.73. The molecule has 0 radical (unpaired) electrons. The molecule has 1 aromatic carbocycles. The van der Waals surface area contributed by atoms with E-state index in [4.69, 9.17) is 16.7 Å². The summed E-state index contributed by atoms with van der Waals surface area (Å²) in [6, 6.07) is 2.57. The quantitative estimate of drug-likeness (QED) is 0.849. The fraction of sp³-hybridized carbons (Fsp3) is 0.462. The maximum absolute atomic E-state index is 12.7. The Bertz CT molecular complexity index is 673. The minimum absolute atomic E-state index is 0.00933. The first-order valence-electron chi connectivity index (χ1n) is 6.52. The van der Waals surface area contributed by atoms with E-state index < -0.39 is 10.0 Å². The molecule has 0 bridgehead atoms. The van der Waals surface area contributed by atoms with Gasteiger partial charge in [0.2, 0.25) is 15.9 Å². The smallest absolute Gasteiger partial charge is 0.244 e. The van der Waals surface area contributed by atoms with Crippen molar-refractivity contribution in [3.63, 3.8) is 0 Å². The molecule has 0 unspecified atom stereocenters. The molecule has 0 saturated heterocycles. The summed E-state index contributed by atoms with van der Waals surface area (Å²) in [7, 11) is -3.83. The Balaban J connectivity index is 2.50. The topological polar surface area (TPSA) is 86.7 Å². The molecule has 116 valence electrons. The SMILES string of the molecule is CC(C)N(CCO)S(=O)(=O)c1cc2c(cc1Cl)NC(=O)C2. The molecule has 2 N–H and O–H groups in total. The molecule has 2 rings (SSSR count). The molecular weight excluding hydrogens is 316 g/mol. The second kappa shape index (κ2) is 5.92. The predicted octanol–water partition coefficient (Wildman–Crippen LogP) is 1.23. The van der Waals surface area contributed by atoms with Gasteiger partial charge in [0.15, 0.2) is 0 Å². The second-order valence-corrected chi connectivity index (χ2v) is 7.36. The Morgan fingerprint density at radius 2 is 2.10 bits per heavy atom. The first-order valence-corrected chi connectivity index (χ1v) is 8.34. The Hall–Kier alpha value is -1.15. The lowest BCUT2D eigenvalue weighted by atomic mass is 10.2. The summed E-state index contributed by atoms with van der Waals surface area (Å²) >= 11 is 6.07. The van der Waals surface area contributed by atoms with E-state index in [-0.39, 0.29) is 41.4 Å². The summed E-state index contributed by atoms with van der Waals surface area (Å²) in [6.07, 6.45) is 0.136. The van der Waals surface area contributed by atoms with Gasteiger partial charge in [0.05, 0.1) is 18.1 Å². The molecule has 6 nitrogen and oxygen atoms in total. The second-order valence-electron chi connectivity index (χ2n) is 5.10. The third-order valence-electron chi connectivity index (χ3n) is 3.27. The van der Waals surface area contributed by atoms with Crippen molar-refractivity contribution in [1.29, 1.82) is 0 Å². The summed E-state index contributed by atoms with van der Waals surface area (Å²) in [5.41, 5.74) is 1.15. The number of carbonyl (C=O) groups excluding carboxylic acids is 1. The zero-order valence-corrected chi connectivity index (χ0v) is 13.3. The number of benzene rings is 1. The molecule has 0 saturated carbocycles. The van der Waals surface area contributed by atoms with Crippen LogP contribution in [0.2, 0.25) is 5.02 Å². The van der Waals surface area contributed by atoms with E-state index in [0.29, 0.717) is 11.3 Å². The van der Waals surface area contributed by atoms with Crippen molar-refractivity contribution in [3.05, 3.63) is 22.7 Å². The highest BCUT2D eigenvalue weighted by molar-refractivity contribution is 7.89. The van der Waals surface area contributed by atoms with Gasteiger partial charge in [-0.25, -0.2) is 8.42 Å². The summed E-state index contributed by atoms with van der Waals surface area (Å²) in [5, 5.41) is 11.7. The maximum Gasteiger partial charge on any atom is 0.244 e. The number of anilines is 1. The third-order valence-corrected chi connectivity index (χ3v) is 5.81. The molecule has 1 heterocycles. The van der Waals surface area contributed by atoms with Crippen molar-refractivity contribution in [1.82, 2.24) is 4.31 Å². The normalized spacial score (nSPS) is 14.7. The van der Waals surface area contributed by atoms with Crippen LogP contribution in [0.5, 0.6) is 0 Å². The van der Waals surface area contributed by atoms with Gasteiger partial charge in [-0.3, -0.25) is 4.79 Å². The number of aliphatic hydroxyl groups excluding tert-OH is 1. The van der Waals surface area contributed by atoms with Gasteiger partial charge in [-0.1, -0.05) is 11.6 Å². The van der Waals surface area contributed by atoms with Crippen LogP contribution in [-0.4, -0.2) is 42.9 Å². The standard InChI is InChI=1S/C13H17ClN2O4S/c1-8(2)16(3-4-17)21(19,20)12-5-9-6-13(18)15-11(9)7-10(12)14/h5,7-8,17H,3-4,6H2,1-2H3,(H,15,18). The Morgan fingerprint density at radius 1 is 1.43 bits per heavy atom. The van der Waals surface area contributed by atoms with Crippen LogP contribution in [0, 0.1) is 0 Å². The number of hydrogen-bond donors (Lipinski definition) is 2. The first kappa shape index (κ1) is 16.2. The van der Waals surface area contributed by atoms with Gasteiger partial charge in [-0.2, -0.15) is 4.31 Å². The number of sulfonamides is 1. The Morgan fingerprint density at radius 3 is 2.67 bits per heavy atom. The lowest BCUT2D eigenvalue weighted by molar-refractivity contribution is -0.115. The van der Waals surface area contributed by atoms with Crippen LogP contribution in [0.4, 0.5) is 5.69 Å². The van der Waals surface area contributed by atoms with Gasteiger partial charge < -0.3 is 10.4 Å². The fourth-order valence-electron chi connectivity index (χ4n) is 2.30. The van der Waals surface area contributed by atoms with Crippen molar-refractivity contribution in [3.8, 4) is 0 Å². The van der Waals surface area contributed by atoms with Crippen LogP contribution >= 0.6 is 11.6 Å². The third kappa shape index (κ3) is 3.06. The molecule has 0 spiro atoms. The number of rotatable bonds is 5. The van der Waals surface area contributed by atoms with E-state index in [0.717, 1.165) is 0 Å². The Kier molecular flexibility index (Phi) is 4.57. The van der Waals surface area contributed by atoms with Crippen LogP contribution in [0.15, 0.2) is 17.0 Å². The van der Waals surface area contributed by atoms with Gasteiger partial charge in [-0.05, 0) is 31.5 Å². The van der Waals surface area contributed by atoms with Crippen molar-refractivity contribution < 1.29 is 18.3 Å². The van der Waals surface area contributed by atoms with E-state index in [1.165, 1.54) is 16.4 Å². The van der Waals surface area contributed by atoms with Crippen LogP contribution in [0.3, 0.4) is 0 Å². The van der Waals surface area contributed by atoms with E-state index in [1.54, 1.807) is 13.8 Å². The Labute approximate surface area is 128 Å². The van der Waals surface area contributed by atoms with Gasteiger partial charge in [0.1, 0.15) is 4.90 Å². The molecule has 1 aliphatic rings. The van der Waals surface area contributed by atoms with Crippen LogP contribution < -0.4 is 5.32 Å². The number of halogens is 1. The van der Waals surface area contributed by atoms with Crippen molar-refractivity contribution >= 4 is 33.2 Å². The number of nitrogens with zero attached hydrogens (tertiary/aromatic N) is 1. The molecule has 0 fully saturated rings. The van der Waals surface area contributed by atoms with Crippen molar-refractivity contribution in [2.24, 2.45) is 0 Å². The van der Waals surface area contributed by atoms with Gasteiger partial charge in [-0.15, -0.1) is 0 Å². The zero-order valence-electron chi connectivity index (χ0n) is 11.8. The number of hydrogen-bond acceptors (Lipinski definition) is 4. The maximum atomic E-state index is 12.7. The molecule has 0 aliphatic carbocycles. The number of carbonyl (C=O) groups is 1. The minimum atomic E-state index is -3.83. The number of aliphatic hydroxyl groups is 1. The molecule has 1 aliphatic heterocycles. The van der Waals surface area contributed by atoms with Crippen molar-refractivity contribution in [2.45, 2.75) is 31.2 Å². The zero-order chi connectivity index (χ0) is 15.8. The molecule has 0 aromatic heterocycles. The summed E-state index contributed by atoms with van der Waals surface area (Å²) in [4.78, 5) is 11.3. The van der Waals surface area contributed by atoms with E-state index >= 15 is 0 Å². The molecule has 8 heteroatoms. The highest BCUT2D eigenvalue weighted by atomic mass is 35.5. The monoisotopic (exact) mass is 332 g/mol. The number of fused-ring (bicyclic) bond motifs is 1. The summed E-state index contributed by atoms with van der Waals surface area (Å²) in [5.74, 6) is -0.188. The number of nitrogens with one attached hydrogen (secondary N) is 1. The van der Waals surface area contributed by atoms with Gasteiger partial charge in [0, 0.05) is 18.3 Å². The largest absolute Gasteiger partial charge is 0.395 e. The molecular formula is C13H17ClN2O4S. The van der Waals surface area contributed by atoms with Crippen molar-refractivity contribution in [2.75, 3.05) is 18.5 Å². The molecule has 21 heavy (non-hydrogen) atoms. The molecule has 0 atom stereocenters. The summed E-state index contributed by atoms with van der Waals surface area (Å²) < 4.78 is 26.6. The average molecular weight is 333 g/mol. The first-order chi connectivity index (χ1) is 9.77. The lowest BCUT2D eigenvalue weighted by Crippen LogP contribution is -2.39. The number of amides is 1. The molecule has 1 amide bonds.